The van der Waals surface area contributed by atoms with Crippen molar-refractivity contribution in [1.29, 1.82) is 0 Å². The van der Waals surface area contributed by atoms with Crippen molar-refractivity contribution in [1.82, 2.24) is 0 Å². The number of ether oxygens (including phenoxy) is 1. The van der Waals surface area contributed by atoms with Crippen molar-refractivity contribution in [2.75, 3.05) is 12.4 Å². The highest BCUT2D eigenvalue weighted by molar-refractivity contribution is 7.60. The van der Waals surface area contributed by atoms with Crippen molar-refractivity contribution in [2.24, 2.45) is 0 Å². The number of benzene rings is 2. The van der Waals surface area contributed by atoms with Crippen LogP contribution < -0.4 is 15.4 Å². The van der Waals surface area contributed by atoms with Crippen molar-refractivity contribution in [3.8, 4) is 5.75 Å². The number of nitrogens with one attached hydrogen (secondary N) is 1. The highest BCUT2D eigenvalue weighted by Gasteiger charge is 2.24. The molecule has 0 aliphatic rings. The van der Waals surface area contributed by atoms with E-state index in [1.165, 1.54) is 25.3 Å². The molecule has 0 bridgehead atoms. The summed E-state index contributed by atoms with van der Waals surface area (Å²) in [5, 5.41) is 2.29. The molecule has 0 saturated carbocycles. The minimum Gasteiger partial charge on any atom is -0.497 e. The molecule has 2 aromatic carbocycles. The average molecular weight is 307 g/mol. The fourth-order valence-electron chi connectivity index (χ4n) is 1.79. The van der Waals surface area contributed by atoms with E-state index in [1.807, 2.05) is 0 Å². The predicted octanol–water partition coefficient (Wildman–Crippen LogP) is 1.75. The fraction of sp³-hybridized carbons (Fsp3) is 0.0714. The van der Waals surface area contributed by atoms with Gasteiger partial charge in [-0.15, -0.1) is 0 Å². The summed E-state index contributed by atoms with van der Waals surface area (Å²) < 4.78 is 16.4. The Balaban J connectivity index is 2.26. The monoisotopic (exact) mass is 307 g/mol. The van der Waals surface area contributed by atoms with Crippen molar-refractivity contribution in [2.45, 2.75) is 0 Å². The summed E-state index contributed by atoms with van der Waals surface area (Å²) in [5.41, 5.74) is 0.447. The van der Waals surface area contributed by atoms with Gasteiger partial charge < -0.3 is 19.8 Å². The Kier molecular flexibility index (Phi) is 4.43. The molecule has 2 aromatic rings. The van der Waals surface area contributed by atoms with Crippen LogP contribution in [0.1, 0.15) is 10.4 Å². The van der Waals surface area contributed by atoms with E-state index >= 15 is 0 Å². The van der Waals surface area contributed by atoms with Gasteiger partial charge in [-0.1, -0.05) is 12.1 Å². The van der Waals surface area contributed by atoms with Crippen LogP contribution in [0.3, 0.4) is 0 Å². The van der Waals surface area contributed by atoms with Gasteiger partial charge in [0.2, 0.25) is 0 Å². The molecule has 0 atom stereocenters. The lowest BCUT2D eigenvalue weighted by Gasteiger charge is -2.11. The first-order valence-electron chi connectivity index (χ1n) is 6.02. The SMILES string of the molecule is COc1ccc(NC(=O)c2ccccc2P(=O)(O)O)cc1. The summed E-state index contributed by atoms with van der Waals surface area (Å²) in [7, 11) is -2.98. The maximum absolute atomic E-state index is 12.2. The maximum Gasteiger partial charge on any atom is 0.357 e. The third-order valence-corrected chi connectivity index (χ3v) is 3.83. The normalized spacial score (nSPS) is 11.0. The van der Waals surface area contributed by atoms with Gasteiger partial charge in [0.05, 0.1) is 18.0 Å². The molecule has 0 saturated heterocycles. The molecule has 6 nitrogen and oxygen atoms in total. The number of methoxy groups -OCH3 is 1. The standard InChI is InChI=1S/C14H14NO5P/c1-20-11-8-6-10(7-9-11)15-14(16)12-4-2-3-5-13(12)21(17,18)19/h2-9H,1H3,(H,15,16)(H2,17,18,19). The number of anilines is 1. The first-order valence-corrected chi connectivity index (χ1v) is 7.63. The predicted molar refractivity (Wildman–Crippen MR) is 79.1 cm³/mol. The van der Waals surface area contributed by atoms with Gasteiger partial charge in [0.25, 0.3) is 5.91 Å². The van der Waals surface area contributed by atoms with Crippen LogP contribution in [0.25, 0.3) is 0 Å². The van der Waals surface area contributed by atoms with Gasteiger partial charge in [0.15, 0.2) is 0 Å². The lowest BCUT2D eigenvalue weighted by molar-refractivity contribution is 0.102. The summed E-state index contributed by atoms with van der Waals surface area (Å²) in [4.78, 5) is 30.7. The number of rotatable bonds is 4. The quantitative estimate of drug-likeness (QED) is 0.748. The summed E-state index contributed by atoms with van der Waals surface area (Å²) >= 11 is 0. The van der Waals surface area contributed by atoms with Gasteiger partial charge >= 0.3 is 7.60 Å². The second kappa shape index (κ2) is 6.10. The van der Waals surface area contributed by atoms with Crippen molar-refractivity contribution < 1.29 is 23.9 Å². The lowest BCUT2D eigenvalue weighted by Crippen LogP contribution is -2.21. The van der Waals surface area contributed by atoms with E-state index in [-0.39, 0.29) is 10.9 Å². The molecule has 2 rings (SSSR count). The third-order valence-electron chi connectivity index (χ3n) is 2.81. The number of hydrogen-bond acceptors (Lipinski definition) is 3. The van der Waals surface area contributed by atoms with Gasteiger partial charge in [0, 0.05) is 5.69 Å². The molecule has 0 fully saturated rings. The lowest BCUT2D eigenvalue weighted by atomic mass is 10.2. The fourth-order valence-corrected chi connectivity index (χ4v) is 2.56. The van der Waals surface area contributed by atoms with Gasteiger partial charge in [-0.05, 0) is 36.4 Å². The van der Waals surface area contributed by atoms with E-state index in [9.17, 15) is 19.1 Å². The molecule has 0 heterocycles. The minimum absolute atomic E-state index is 0.0540. The summed E-state index contributed by atoms with van der Waals surface area (Å²) in [6, 6.07) is 12.2. The number of amides is 1. The first-order chi connectivity index (χ1) is 9.91. The molecule has 110 valence electrons. The van der Waals surface area contributed by atoms with Crippen LogP contribution in [0.5, 0.6) is 5.75 Å². The molecule has 0 aliphatic heterocycles. The Labute approximate surface area is 121 Å². The molecule has 7 heteroatoms. The van der Waals surface area contributed by atoms with Crippen LogP contribution in [0.2, 0.25) is 0 Å². The van der Waals surface area contributed by atoms with E-state index in [4.69, 9.17) is 4.74 Å². The topological polar surface area (TPSA) is 95.9 Å². The van der Waals surface area contributed by atoms with E-state index in [2.05, 4.69) is 5.32 Å². The van der Waals surface area contributed by atoms with E-state index in [0.717, 1.165) is 0 Å². The van der Waals surface area contributed by atoms with Crippen LogP contribution in [0.4, 0.5) is 5.69 Å². The molecule has 3 N–H and O–H groups in total. The Hall–Kier alpha value is -2.14. The average Bonchev–Trinajstić information content (AvgIpc) is 2.47. The van der Waals surface area contributed by atoms with Crippen molar-refractivity contribution in [3.63, 3.8) is 0 Å². The molecule has 0 spiro atoms. The Bertz CT molecular complexity index is 693. The zero-order chi connectivity index (χ0) is 15.5. The molecule has 21 heavy (non-hydrogen) atoms. The molecule has 0 aliphatic carbocycles. The largest absolute Gasteiger partial charge is 0.497 e. The molecular formula is C14H14NO5P. The van der Waals surface area contributed by atoms with Gasteiger partial charge in [-0.3, -0.25) is 9.36 Å². The Morgan fingerprint density at radius 2 is 1.71 bits per heavy atom. The van der Waals surface area contributed by atoms with E-state index in [0.29, 0.717) is 11.4 Å². The van der Waals surface area contributed by atoms with Crippen LogP contribution in [-0.4, -0.2) is 22.8 Å². The number of carbonyl (C=O) groups is 1. The molecule has 0 unspecified atom stereocenters. The Morgan fingerprint density at radius 1 is 1.10 bits per heavy atom. The second-order valence-corrected chi connectivity index (χ2v) is 5.81. The maximum atomic E-state index is 12.2. The summed E-state index contributed by atoms with van der Waals surface area (Å²) in [5.74, 6) is 0.0581. The van der Waals surface area contributed by atoms with Crippen LogP contribution >= 0.6 is 7.60 Å². The van der Waals surface area contributed by atoms with Crippen LogP contribution in [-0.2, 0) is 4.57 Å². The van der Waals surface area contributed by atoms with Gasteiger partial charge in [-0.25, -0.2) is 0 Å². The van der Waals surface area contributed by atoms with E-state index < -0.39 is 13.5 Å². The number of carbonyl (C=O) groups excluding carboxylic acids is 1. The third kappa shape index (κ3) is 3.70. The zero-order valence-electron chi connectivity index (χ0n) is 11.2. The van der Waals surface area contributed by atoms with Crippen molar-refractivity contribution in [3.05, 3.63) is 54.1 Å². The van der Waals surface area contributed by atoms with Crippen molar-refractivity contribution >= 4 is 24.5 Å². The molecule has 0 radical (unpaired) electrons. The Morgan fingerprint density at radius 3 is 2.29 bits per heavy atom. The second-order valence-electron chi connectivity index (χ2n) is 4.24. The smallest absolute Gasteiger partial charge is 0.357 e. The molecular weight excluding hydrogens is 293 g/mol. The van der Waals surface area contributed by atoms with Crippen LogP contribution in [0, 0.1) is 0 Å². The van der Waals surface area contributed by atoms with Gasteiger partial charge in [-0.2, -0.15) is 0 Å². The molecule has 1 amide bonds. The minimum atomic E-state index is -4.51. The highest BCUT2D eigenvalue weighted by Crippen LogP contribution is 2.34. The number of hydrogen-bond donors (Lipinski definition) is 3. The van der Waals surface area contributed by atoms with Crippen LogP contribution in [0.15, 0.2) is 48.5 Å². The van der Waals surface area contributed by atoms with Gasteiger partial charge in [0.1, 0.15) is 5.75 Å². The zero-order valence-corrected chi connectivity index (χ0v) is 12.1. The first kappa shape index (κ1) is 15.3. The highest BCUT2D eigenvalue weighted by atomic mass is 31.2. The summed E-state index contributed by atoms with van der Waals surface area (Å²) in [6.07, 6.45) is 0. The van der Waals surface area contributed by atoms with E-state index in [1.54, 1.807) is 30.3 Å². The molecule has 0 aromatic heterocycles. The summed E-state index contributed by atoms with van der Waals surface area (Å²) in [6.45, 7) is 0.